The molecular weight excluding hydrogens is 248 g/mol. The average Bonchev–Trinajstić information content (AvgIpc) is 2.42. The molecule has 1 aliphatic heterocycles. The van der Waals surface area contributed by atoms with Crippen LogP contribution in [0.3, 0.4) is 0 Å². The Morgan fingerprint density at radius 2 is 2.00 bits per heavy atom. The quantitative estimate of drug-likeness (QED) is 0.894. The van der Waals surface area contributed by atoms with Gasteiger partial charge in [-0.3, -0.25) is 4.79 Å². The van der Waals surface area contributed by atoms with E-state index < -0.39 is 0 Å². The molecule has 0 aromatic heterocycles. The minimum absolute atomic E-state index is 0.168. The van der Waals surface area contributed by atoms with E-state index in [2.05, 4.69) is 26.1 Å². The molecule has 1 saturated heterocycles. The first-order valence-corrected chi connectivity index (χ1v) is 7.53. The molecule has 1 amide bonds. The normalized spacial score (nSPS) is 26.4. The molecule has 1 N–H and O–H groups in total. The van der Waals surface area contributed by atoms with Crippen LogP contribution in [0.25, 0.3) is 0 Å². The largest absolute Gasteiger partial charge is 0.388 e. The van der Waals surface area contributed by atoms with E-state index in [9.17, 15) is 4.79 Å². The van der Waals surface area contributed by atoms with Crippen LogP contribution in [0.2, 0.25) is 0 Å². The fourth-order valence-electron chi connectivity index (χ4n) is 3.23. The van der Waals surface area contributed by atoms with Crippen LogP contribution in [0.15, 0.2) is 18.2 Å². The molecule has 1 aromatic carbocycles. The van der Waals surface area contributed by atoms with Crippen LogP contribution in [0, 0.1) is 18.8 Å². The van der Waals surface area contributed by atoms with Crippen molar-refractivity contribution in [2.24, 2.45) is 11.8 Å². The lowest BCUT2D eigenvalue weighted by atomic mass is 9.85. The summed E-state index contributed by atoms with van der Waals surface area (Å²) < 4.78 is 0. The molecule has 0 saturated carbocycles. The van der Waals surface area contributed by atoms with Crippen molar-refractivity contribution in [3.8, 4) is 0 Å². The van der Waals surface area contributed by atoms with Crippen LogP contribution in [0.4, 0.5) is 5.69 Å². The second-order valence-electron chi connectivity index (χ2n) is 6.30. The molecule has 3 atom stereocenters. The van der Waals surface area contributed by atoms with Gasteiger partial charge in [0.1, 0.15) is 0 Å². The van der Waals surface area contributed by atoms with Crippen molar-refractivity contribution >= 4 is 11.6 Å². The zero-order valence-corrected chi connectivity index (χ0v) is 13.2. The van der Waals surface area contributed by atoms with Gasteiger partial charge >= 0.3 is 0 Å². The summed E-state index contributed by atoms with van der Waals surface area (Å²) in [7, 11) is 1.90. The standard InChI is InChI=1S/C17H26N2O/c1-11-8-12(2)14(4)19(10-11)17(20)15-6-7-16(18-5)13(3)9-15/h6-7,9,11-12,14,18H,8,10H2,1-5H3. The molecule has 0 aliphatic carbocycles. The predicted octanol–water partition coefficient (Wildman–Crippen LogP) is 3.54. The Hall–Kier alpha value is -1.51. The molecule has 0 radical (unpaired) electrons. The Morgan fingerprint density at radius 1 is 1.30 bits per heavy atom. The van der Waals surface area contributed by atoms with Crippen LogP contribution < -0.4 is 5.32 Å². The van der Waals surface area contributed by atoms with Crippen molar-refractivity contribution in [3.63, 3.8) is 0 Å². The highest BCUT2D eigenvalue weighted by Crippen LogP contribution is 2.28. The third-order valence-corrected chi connectivity index (χ3v) is 4.60. The van der Waals surface area contributed by atoms with Crippen LogP contribution >= 0.6 is 0 Å². The zero-order valence-electron chi connectivity index (χ0n) is 13.2. The molecule has 1 aliphatic rings. The van der Waals surface area contributed by atoms with E-state index in [0.29, 0.717) is 17.9 Å². The number of likely N-dealkylation sites (tertiary alicyclic amines) is 1. The highest BCUT2D eigenvalue weighted by Gasteiger charge is 2.32. The summed E-state index contributed by atoms with van der Waals surface area (Å²) in [4.78, 5) is 14.8. The van der Waals surface area contributed by atoms with Gasteiger partial charge in [-0.25, -0.2) is 0 Å². The summed E-state index contributed by atoms with van der Waals surface area (Å²) >= 11 is 0. The topological polar surface area (TPSA) is 32.3 Å². The van der Waals surface area contributed by atoms with Gasteiger partial charge in [0.2, 0.25) is 0 Å². The lowest BCUT2D eigenvalue weighted by Gasteiger charge is -2.41. The van der Waals surface area contributed by atoms with Gasteiger partial charge in [-0.1, -0.05) is 13.8 Å². The first-order chi connectivity index (χ1) is 9.43. The number of rotatable bonds is 2. The molecule has 3 heteroatoms. The fraction of sp³-hybridized carbons (Fsp3) is 0.588. The van der Waals surface area contributed by atoms with E-state index in [-0.39, 0.29) is 5.91 Å². The molecule has 0 bridgehead atoms. The minimum atomic E-state index is 0.168. The van der Waals surface area contributed by atoms with Gasteiger partial charge in [-0.2, -0.15) is 0 Å². The molecule has 3 nitrogen and oxygen atoms in total. The number of benzene rings is 1. The van der Waals surface area contributed by atoms with E-state index in [1.54, 1.807) is 0 Å². The van der Waals surface area contributed by atoms with Gasteiger partial charge < -0.3 is 10.2 Å². The molecular formula is C17H26N2O. The van der Waals surface area contributed by atoms with Gasteiger partial charge in [0, 0.05) is 30.9 Å². The smallest absolute Gasteiger partial charge is 0.254 e. The van der Waals surface area contributed by atoms with Crippen LogP contribution in [-0.4, -0.2) is 30.4 Å². The number of anilines is 1. The Kier molecular flexibility index (Phi) is 4.36. The molecule has 110 valence electrons. The predicted molar refractivity (Wildman–Crippen MR) is 84.2 cm³/mol. The summed E-state index contributed by atoms with van der Waals surface area (Å²) in [6.45, 7) is 9.56. The first kappa shape index (κ1) is 14.9. The van der Waals surface area contributed by atoms with Crippen molar-refractivity contribution < 1.29 is 4.79 Å². The van der Waals surface area contributed by atoms with Gasteiger partial charge in [-0.15, -0.1) is 0 Å². The van der Waals surface area contributed by atoms with E-state index in [4.69, 9.17) is 0 Å². The minimum Gasteiger partial charge on any atom is -0.388 e. The summed E-state index contributed by atoms with van der Waals surface area (Å²) in [6, 6.07) is 6.23. The number of hydrogen-bond acceptors (Lipinski definition) is 2. The zero-order chi connectivity index (χ0) is 14.9. The van der Waals surface area contributed by atoms with Crippen molar-refractivity contribution in [2.75, 3.05) is 18.9 Å². The number of nitrogens with one attached hydrogen (secondary N) is 1. The lowest BCUT2D eigenvalue weighted by molar-refractivity contribution is 0.0455. The van der Waals surface area contributed by atoms with E-state index >= 15 is 0 Å². The Balaban J connectivity index is 2.24. The van der Waals surface area contributed by atoms with Gasteiger partial charge in [0.25, 0.3) is 5.91 Å². The van der Waals surface area contributed by atoms with Crippen molar-refractivity contribution in [1.82, 2.24) is 4.90 Å². The lowest BCUT2D eigenvalue weighted by Crippen LogP contribution is -2.48. The van der Waals surface area contributed by atoms with Crippen LogP contribution in [-0.2, 0) is 0 Å². The highest BCUT2D eigenvalue weighted by atomic mass is 16.2. The maximum Gasteiger partial charge on any atom is 0.254 e. The van der Waals surface area contributed by atoms with Crippen molar-refractivity contribution in [3.05, 3.63) is 29.3 Å². The number of carbonyl (C=O) groups is 1. The van der Waals surface area contributed by atoms with Crippen molar-refractivity contribution in [2.45, 2.75) is 40.2 Å². The summed E-state index contributed by atoms with van der Waals surface area (Å²) in [5, 5.41) is 3.14. The number of amides is 1. The second kappa shape index (κ2) is 5.86. The average molecular weight is 274 g/mol. The monoisotopic (exact) mass is 274 g/mol. The van der Waals surface area contributed by atoms with Crippen LogP contribution in [0.5, 0.6) is 0 Å². The third kappa shape index (κ3) is 2.82. The van der Waals surface area contributed by atoms with E-state index in [0.717, 1.165) is 23.4 Å². The van der Waals surface area contributed by atoms with Gasteiger partial charge in [0.05, 0.1) is 0 Å². The molecule has 1 aromatic rings. The third-order valence-electron chi connectivity index (χ3n) is 4.60. The fourth-order valence-corrected chi connectivity index (χ4v) is 3.23. The van der Waals surface area contributed by atoms with Gasteiger partial charge in [-0.05, 0) is 55.9 Å². The number of carbonyl (C=O) groups excluding carboxylic acids is 1. The molecule has 20 heavy (non-hydrogen) atoms. The van der Waals surface area contributed by atoms with Crippen molar-refractivity contribution in [1.29, 1.82) is 0 Å². The van der Waals surface area contributed by atoms with E-state index in [1.165, 1.54) is 6.42 Å². The SMILES string of the molecule is CNc1ccc(C(=O)N2CC(C)CC(C)C2C)cc1C. The second-order valence-corrected chi connectivity index (χ2v) is 6.30. The number of aryl methyl sites for hydroxylation is 1. The summed E-state index contributed by atoms with van der Waals surface area (Å²) in [6.07, 6.45) is 1.21. The molecule has 2 rings (SSSR count). The molecule has 1 fully saturated rings. The maximum absolute atomic E-state index is 12.8. The Labute approximate surface area is 122 Å². The highest BCUT2D eigenvalue weighted by molar-refractivity contribution is 5.95. The van der Waals surface area contributed by atoms with E-state index in [1.807, 2.05) is 37.1 Å². The van der Waals surface area contributed by atoms with Crippen LogP contribution in [0.1, 0.15) is 43.1 Å². The molecule has 3 unspecified atom stereocenters. The first-order valence-electron chi connectivity index (χ1n) is 7.53. The molecule has 0 spiro atoms. The van der Waals surface area contributed by atoms with Gasteiger partial charge in [0.15, 0.2) is 0 Å². The Morgan fingerprint density at radius 3 is 2.60 bits per heavy atom. The number of hydrogen-bond donors (Lipinski definition) is 1. The number of nitrogens with zero attached hydrogens (tertiary/aromatic N) is 1. The maximum atomic E-state index is 12.8. The number of piperidine rings is 1. The summed E-state index contributed by atoms with van der Waals surface area (Å²) in [5.74, 6) is 1.32. The molecule has 1 heterocycles. The Bertz CT molecular complexity index is 498. The summed E-state index contributed by atoms with van der Waals surface area (Å²) in [5.41, 5.74) is 2.99.